The van der Waals surface area contributed by atoms with E-state index in [4.69, 9.17) is 5.11 Å². The molecule has 0 aliphatic rings. The fraction of sp³-hybridized carbons (Fsp3) is 0.583. The van der Waals surface area contributed by atoms with Crippen molar-refractivity contribution < 1.29 is 5.11 Å². The molecule has 15 heavy (non-hydrogen) atoms. The Bertz CT molecular complexity index is 312. The molecule has 0 bridgehead atoms. The van der Waals surface area contributed by atoms with Gasteiger partial charge in [0.25, 0.3) is 0 Å². The fourth-order valence-electron chi connectivity index (χ4n) is 1.47. The molecule has 84 valence electrons. The molecule has 0 aliphatic heterocycles. The van der Waals surface area contributed by atoms with Crippen molar-refractivity contribution in [1.29, 1.82) is 0 Å². The van der Waals surface area contributed by atoms with Crippen molar-refractivity contribution in [2.24, 2.45) is 0 Å². The minimum atomic E-state index is 0.0672. The third-order valence-corrected chi connectivity index (χ3v) is 2.59. The monoisotopic (exact) mass is 208 g/mol. The van der Waals surface area contributed by atoms with Crippen LogP contribution < -0.4 is 4.90 Å². The Kier molecular flexibility index (Phi) is 4.56. The Morgan fingerprint density at radius 2 is 2.13 bits per heavy atom. The van der Waals surface area contributed by atoms with Crippen LogP contribution in [-0.4, -0.2) is 23.7 Å². The molecule has 0 saturated heterocycles. The van der Waals surface area contributed by atoms with E-state index < -0.39 is 0 Å². The molecule has 1 aromatic rings. The molecule has 0 radical (unpaired) electrons. The van der Waals surface area contributed by atoms with Crippen molar-refractivity contribution in [2.45, 2.75) is 33.3 Å². The van der Waals surface area contributed by atoms with Gasteiger partial charge in [0, 0.05) is 19.3 Å². The van der Waals surface area contributed by atoms with Gasteiger partial charge in [0.2, 0.25) is 0 Å². The molecule has 0 fully saturated rings. The van der Waals surface area contributed by atoms with Crippen molar-refractivity contribution >= 4 is 5.82 Å². The average Bonchev–Trinajstić information content (AvgIpc) is 2.25. The molecule has 0 aliphatic carbocycles. The lowest BCUT2D eigenvalue weighted by Crippen LogP contribution is -2.19. The normalized spacial score (nSPS) is 10.4. The molecule has 0 aromatic carbocycles. The van der Waals surface area contributed by atoms with E-state index in [9.17, 15) is 0 Å². The maximum atomic E-state index is 9.04. The lowest BCUT2D eigenvalue weighted by atomic mass is 10.2. The zero-order valence-electron chi connectivity index (χ0n) is 9.82. The van der Waals surface area contributed by atoms with Crippen LogP contribution in [0.5, 0.6) is 0 Å². The highest BCUT2D eigenvalue weighted by Crippen LogP contribution is 2.14. The maximum absolute atomic E-state index is 9.04. The minimum absolute atomic E-state index is 0.0672. The standard InChI is InChI=1S/C12H20N2O/c1-4-5-8-14(3)12-7-6-11(9-15)10(2)13-12/h6-7,15H,4-5,8-9H2,1-3H3. The highest BCUT2D eigenvalue weighted by atomic mass is 16.3. The van der Waals surface area contributed by atoms with Gasteiger partial charge in [-0.15, -0.1) is 0 Å². The van der Waals surface area contributed by atoms with Gasteiger partial charge in [0.05, 0.1) is 6.61 Å². The van der Waals surface area contributed by atoms with Crippen LogP contribution in [0.4, 0.5) is 5.82 Å². The molecule has 1 heterocycles. The maximum Gasteiger partial charge on any atom is 0.128 e. The number of hydrogen-bond donors (Lipinski definition) is 1. The van der Waals surface area contributed by atoms with Crippen molar-refractivity contribution in [3.63, 3.8) is 0 Å². The van der Waals surface area contributed by atoms with Gasteiger partial charge in [-0.05, 0) is 25.0 Å². The van der Waals surface area contributed by atoms with Crippen molar-refractivity contribution in [3.05, 3.63) is 23.4 Å². The number of nitrogens with zero attached hydrogens (tertiary/aromatic N) is 2. The lowest BCUT2D eigenvalue weighted by Gasteiger charge is -2.18. The summed E-state index contributed by atoms with van der Waals surface area (Å²) in [6.07, 6.45) is 2.37. The van der Waals surface area contributed by atoms with E-state index in [0.717, 1.165) is 23.6 Å². The first-order valence-electron chi connectivity index (χ1n) is 5.47. The lowest BCUT2D eigenvalue weighted by molar-refractivity contribution is 0.280. The molecule has 3 heteroatoms. The van der Waals surface area contributed by atoms with Gasteiger partial charge in [-0.25, -0.2) is 4.98 Å². The van der Waals surface area contributed by atoms with Gasteiger partial charge < -0.3 is 10.0 Å². The van der Waals surface area contributed by atoms with Crippen LogP contribution in [0.25, 0.3) is 0 Å². The first kappa shape index (κ1) is 12.0. The summed E-state index contributed by atoms with van der Waals surface area (Å²) in [7, 11) is 2.05. The number of aliphatic hydroxyl groups is 1. The van der Waals surface area contributed by atoms with Gasteiger partial charge in [-0.1, -0.05) is 19.4 Å². The van der Waals surface area contributed by atoms with E-state index in [0.29, 0.717) is 0 Å². The van der Waals surface area contributed by atoms with Gasteiger partial charge in [0.1, 0.15) is 5.82 Å². The van der Waals surface area contributed by atoms with Crippen LogP contribution in [0.2, 0.25) is 0 Å². The Balaban J connectivity index is 2.73. The van der Waals surface area contributed by atoms with Gasteiger partial charge >= 0.3 is 0 Å². The van der Waals surface area contributed by atoms with Gasteiger partial charge in [-0.3, -0.25) is 0 Å². The number of aryl methyl sites for hydroxylation is 1. The Morgan fingerprint density at radius 1 is 1.40 bits per heavy atom. The molecule has 0 atom stereocenters. The van der Waals surface area contributed by atoms with Crippen LogP contribution in [0, 0.1) is 6.92 Å². The van der Waals surface area contributed by atoms with Gasteiger partial charge in [0.15, 0.2) is 0 Å². The second-order valence-corrected chi connectivity index (χ2v) is 3.85. The smallest absolute Gasteiger partial charge is 0.128 e. The Morgan fingerprint density at radius 3 is 2.67 bits per heavy atom. The van der Waals surface area contributed by atoms with Crippen LogP contribution in [0.1, 0.15) is 31.0 Å². The molecule has 1 N–H and O–H groups in total. The molecule has 0 saturated carbocycles. The van der Waals surface area contributed by atoms with Crippen LogP contribution in [0.15, 0.2) is 12.1 Å². The highest BCUT2D eigenvalue weighted by Gasteiger charge is 2.04. The van der Waals surface area contributed by atoms with E-state index >= 15 is 0 Å². The summed E-state index contributed by atoms with van der Waals surface area (Å²) in [5.74, 6) is 0.984. The molecule has 1 aromatic heterocycles. The van der Waals surface area contributed by atoms with Crippen molar-refractivity contribution in [2.75, 3.05) is 18.5 Å². The summed E-state index contributed by atoms with van der Waals surface area (Å²) in [5.41, 5.74) is 1.82. The molecule has 0 unspecified atom stereocenters. The molecular weight excluding hydrogens is 188 g/mol. The van der Waals surface area contributed by atoms with Crippen molar-refractivity contribution in [1.82, 2.24) is 4.98 Å². The third-order valence-electron chi connectivity index (χ3n) is 2.59. The first-order valence-corrected chi connectivity index (χ1v) is 5.47. The largest absolute Gasteiger partial charge is 0.392 e. The second kappa shape index (κ2) is 5.71. The zero-order chi connectivity index (χ0) is 11.3. The van der Waals surface area contributed by atoms with E-state index in [1.54, 1.807) is 0 Å². The highest BCUT2D eigenvalue weighted by molar-refractivity contribution is 5.40. The summed E-state index contributed by atoms with van der Waals surface area (Å²) in [6, 6.07) is 3.91. The topological polar surface area (TPSA) is 36.4 Å². The van der Waals surface area contributed by atoms with Crippen LogP contribution >= 0.6 is 0 Å². The summed E-state index contributed by atoms with van der Waals surface area (Å²) < 4.78 is 0. The predicted octanol–water partition coefficient (Wildman–Crippen LogP) is 2.12. The minimum Gasteiger partial charge on any atom is -0.392 e. The third kappa shape index (κ3) is 3.20. The quantitative estimate of drug-likeness (QED) is 0.805. The molecule has 3 nitrogen and oxygen atoms in total. The summed E-state index contributed by atoms with van der Waals surface area (Å²) in [6.45, 7) is 5.21. The summed E-state index contributed by atoms with van der Waals surface area (Å²) in [5, 5.41) is 9.04. The van der Waals surface area contributed by atoms with E-state index in [1.165, 1.54) is 12.8 Å². The number of rotatable bonds is 5. The van der Waals surface area contributed by atoms with Crippen LogP contribution in [-0.2, 0) is 6.61 Å². The number of unbranched alkanes of at least 4 members (excludes halogenated alkanes) is 1. The second-order valence-electron chi connectivity index (χ2n) is 3.85. The van der Waals surface area contributed by atoms with Crippen molar-refractivity contribution in [3.8, 4) is 0 Å². The van der Waals surface area contributed by atoms with E-state index in [1.807, 2.05) is 19.1 Å². The number of hydrogen-bond acceptors (Lipinski definition) is 3. The summed E-state index contributed by atoms with van der Waals surface area (Å²) >= 11 is 0. The molecule has 1 rings (SSSR count). The zero-order valence-corrected chi connectivity index (χ0v) is 9.82. The first-order chi connectivity index (χ1) is 7.19. The number of pyridine rings is 1. The average molecular weight is 208 g/mol. The Labute approximate surface area is 91.8 Å². The Hall–Kier alpha value is -1.09. The van der Waals surface area contributed by atoms with Gasteiger partial charge in [-0.2, -0.15) is 0 Å². The fourth-order valence-corrected chi connectivity index (χ4v) is 1.47. The number of aliphatic hydroxyl groups excluding tert-OH is 1. The van der Waals surface area contributed by atoms with E-state index in [2.05, 4.69) is 23.9 Å². The molecular formula is C12H20N2O. The number of aromatic nitrogens is 1. The predicted molar refractivity (Wildman–Crippen MR) is 63.1 cm³/mol. The SMILES string of the molecule is CCCCN(C)c1ccc(CO)c(C)n1. The van der Waals surface area contributed by atoms with Crippen LogP contribution in [0.3, 0.4) is 0 Å². The molecule has 0 amide bonds. The van der Waals surface area contributed by atoms with E-state index in [-0.39, 0.29) is 6.61 Å². The number of anilines is 1. The molecule has 0 spiro atoms. The summed E-state index contributed by atoms with van der Waals surface area (Å²) in [4.78, 5) is 6.61.